The SMILES string of the molecule is [16OH]C1CCCCC1. The first-order valence-corrected chi connectivity index (χ1v) is 3.07. The van der Waals surface area contributed by atoms with E-state index in [1.165, 1.54) is 19.3 Å². The fraction of sp³-hybridized carbons (Fsp3) is 1.00. The Bertz CT molecular complexity index is 46.1. The smallest absolute Gasteiger partial charge is 0.0540 e. The van der Waals surface area contributed by atoms with Crippen molar-refractivity contribution in [3.05, 3.63) is 0 Å². The molecule has 1 fully saturated rings. The van der Waals surface area contributed by atoms with Crippen LogP contribution in [-0.2, 0) is 0 Å². The van der Waals surface area contributed by atoms with E-state index in [1.54, 1.807) is 0 Å². The summed E-state index contributed by atoms with van der Waals surface area (Å²) >= 11 is 0. The topological polar surface area (TPSA) is 20.2 Å². The Morgan fingerprint density at radius 3 is 1.86 bits per heavy atom. The van der Waals surface area contributed by atoms with Crippen molar-refractivity contribution in [1.82, 2.24) is 0 Å². The Morgan fingerprint density at radius 2 is 1.57 bits per heavy atom. The molecule has 0 radical (unpaired) electrons. The third-order valence-electron chi connectivity index (χ3n) is 1.57. The summed E-state index contributed by atoms with van der Waals surface area (Å²) in [5, 5.41) is 8.91. The fourth-order valence-corrected chi connectivity index (χ4v) is 1.08. The molecule has 1 nitrogen and oxygen atoms in total. The van der Waals surface area contributed by atoms with Gasteiger partial charge in [-0.2, -0.15) is 0 Å². The van der Waals surface area contributed by atoms with E-state index < -0.39 is 0 Å². The Morgan fingerprint density at radius 1 is 1.00 bits per heavy atom. The van der Waals surface area contributed by atoms with Gasteiger partial charge in [-0.1, -0.05) is 19.3 Å². The van der Waals surface area contributed by atoms with Crippen LogP contribution in [0.2, 0.25) is 0 Å². The Labute approximate surface area is 44.4 Å². The van der Waals surface area contributed by atoms with Gasteiger partial charge in [0.25, 0.3) is 0 Å². The van der Waals surface area contributed by atoms with E-state index in [-0.39, 0.29) is 6.10 Å². The van der Waals surface area contributed by atoms with Crippen LogP contribution in [0.4, 0.5) is 0 Å². The fourth-order valence-electron chi connectivity index (χ4n) is 1.08. The lowest BCUT2D eigenvalue weighted by molar-refractivity contribution is 0.130. The number of hydrogen-bond donors (Lipinski definition) is 1. The maximum Gasteiger partial charge on any atom is 0.0540 e. The molecular weight excluding hydrogens is 88.1 g/mol. The summed E-state index contributed by atoms with van der Waals surface area (Å²) in [6.45, 7) is 0. The van der Waals surface area contributed by atoms with E-state index in [1.807, 2.05) is 0 Å². The van der Waals surface area contributed by atoms with Gasteiger partial charge in [0, 0.05) is 0 Å². The summed E-state index contributed by atoms with van der Waals surface area (Å²) in [7, 11) is 0. The van der Waals surface area contributed by atoms with E-state index in [4.69, 9.17) is 5.11 Å². The van der Waals surface area contributed by atoms with Gasteiger partial charge in [0.1, 0.15) is 0 Å². The number of aliphatic hydroxyl groups excluding tert-OH is 1. The molecular formula is C6H12O. The third kappa shape index (κ3) is 1.48. The summed E-state index contributed by atoms with van der Waals surface area (Å²) in [6.07, 6.45) is 5.92. The molecule has 1 aliphatic carbocycles. The predicted octanol–water partition coefficient (Wildman–Crippen LogP) is 1.31. The summed E-state index contributed by atoms with van der Waals surface area (Å²) in [4.78, 5) is 0. The zero-order valence-corrected chi connectivity index (χ0v) is 4.56. The summed E-state index contributed by atoms with van der Waals surface area (Å²) in [6, 6.07) is 0. The van der Waals surface area contributed by atoms with E-state index in [0.29, 0.717) is 0 Å². The molecule has 0 bridgehead atoms. The average Bonchev–Trinajstić information content (AvgIpc) is 1.69. The molecule has 0 spiro atoms. The van der Waals surface area contributed by atoms with Crippen LogP contribution < -0.4 is 0 Å². The first-order chi connectivity index (χ1) is 3.39. The summed E-state index contributed by atoms with van der Waals surface area (Å²) in [5.74, 6) is 0. The maximum absolute atomic E-state index is 8.91. The molecule has 0 saturated heterocycles. The molecule has 1 heteroatoms. The molecule has 0 unspecified atom stereocenters. The van der Waals surface area contributed by atoms with Crippen LogP contribution in [0, 0.1) is 0 Å². The third-order valence-corrected chi connectivity index (χ3v) is 1.57. The van der Waals surface area contributed by atoms with Crippen molar-refractivity contribution in [2.45, 2.75) is 38.2 Å². The van der Waals surface area contributed by atoms with Crippen LogP contribution >= 0.6 is 0 Å². The van der Waals surface area contributed by atoms with Crippen molar-refractivity contribution in [2.75, 3.05) is 0 Å². The zero-order chi connectivity index (χ0) is 5.11. The van der Waals surface area contributed by atoms with E-state index in [2.05, 4.69) is 0 Å². The van der Waals surface area contributed by atoms with Crippen molar-refractivity contribution >= 4 is 0 Å². The van der Waals surface area contributed by atoms with Gasteiger partial charge in [-0.3, -0.25) is 0 Å². The Balaban J connectivity index is 2.12. The lowest BCUT2D eigenvalue weighted by atomic mass is 9.98. The zero-order valence-electron chi connectivity index (χ0n) is 4.56. The van der Waals surface area contributed by atoms with Gasteiger partial charge in [0.05, 0.1) is 6.10 Å². The quantitative estimate of drug-likeness (QED) is 0.486. The normalized spacial score (nSPS) is 25.3. The molecule has 1 aliphatic rings. The van der Waals surface area contributed by atoms with E-state index in [0.717, 1.165) is 12.8 Å². The highest BCUT2D eigenvalue weighted by molar-refractivity contribution is 4.61. The molecule has 0 atom stereocenters. The van der Waals surface area contributed by atoms with Crippen LogP contribution in [0.5, 0.6) is 0 Å². The summed E-state index contributed by atoms with van der Waals surface area (Å²) < 4.78 is 0. The van der Waals surface area contributed by atoms with Crippen LogP contribution in [0.15, 0.2) is 0 Å². The van der Waals surface area contributed by atoms with E-state index >= 15 is 0 Å². The average molecular weight is 100 g/mol. The number of aliphatic hydroxyl groups is 1. The van der Waals surface area contributed by atoms with Gasteiger partial charge in [-0.15, -0.1) is 0 Å². The molecule has 0 amide bonds. The minimum atomic E-state index is 0.0359. The number of hydrogen-bond acceptors (Lipinski definition) is 1. The molecule has 0 aliphatic heterocycles. The molecule has 1 saturated carbocycles. The monoisotopic (exact) mass is 100 g/mol. The highest BCUT2D eigenvalue weighted by atomic mass is 16.3. The highest BCUT2D eigenvalue weighted by Crippen LogP contribution is 2.16. The first-order valence-electron chi connectivity index (χ1n) is 3.07. The van der Waals surface area contributed by atoms with Crippen molar-refractivity contribution in [1.29, 1.82) is 0 Å². The predicted molar refractivity (Wildman–Crippen MR) is 29.1 cm³/mol. The molecule has 1 rings (SSSR count). The Hall–Kier alpha value is -0.0400. The second-order valence-corrected chi connectivity index (χ2v) is 2.29. The summed E-state index contributed by atoms with van der Waals surface area (Å²) in [5.41, 5.74) is 0. The molecule has 42 valence electrons. The van der Waals surface area contributed by atoms with Gasteiger partial charge in [0.2, 0.25) is 0 Å². The van der Waals surface area contributed by atoms with Crippen molar-refractivity contribution in [3.8, 4) is 0 Å². The van der Waals surface area contributed by atoms with Gasteiger partial charge < -0.3 is 5.11 Å². The number of rotatable bonds is 0. The van der Waals surface area contributed by atoms with Gasteiger partial charge in [-0.05, 0) is 12.8 Å². The van der Waals surface area contributed by atoms with Gasteiger partial charge >= 0.3 is 0 Å². The van der Waals surface area contributed by atoms with Crippen LogP contribution in [0.25, 0.3) is 0 Å². The lowest BCUT2D eigenvalue weighted by Crippen LogP contribution is -2.09. The van der Waals surface area contributed by atoms with Crippen molar-refractivity contribution < 1.29 is 5.11 Å². The van der Waals surface area contributed by atoms with Gasteiger partial charge in [-0.25, -0.2) is 0 Å². The first kappa shape index (κ1) is 5.10. The largest absolute Gasteiger partial charge is 0.393 e. The standard InChI is InChI=1S/C6H12O/c7-6-4-2-1-3-5-6/h6-7H,1-5H2/i7+0. The second-order valence-electron chi connectivity index (χ2n) is 2.29. The molecule has 0 heterocycles. The minimum Gasteiger partial charge on any atom is -0.393 e. The maximum atomic E-state index is 8.91. The molecule has 0 aromatic carbocycles. The molecule has 1 N–H and O–H groups in total. The molecule has 0 aromatic heterocycles. The molecule has 7 heavy (non-hydrogen) atoms. The van der Waals surface area contributed by atoms with Crippen LogP contribution in [0.3, 0.4) is 0 Å². The molecule has 0 aromatic rings. The lowest BCUT2D eigenvalue weighted by Gasteiger charge is -2.14. The minimum absolute atomic E-state index is 0.0359. The second kappa shape index (κ2) is 2.31. The van der Waals surface area contributed by atoms with Crippen molar-refractivity contribution in [3.63, 3.8) is 0 Å². The van der Waals surface area contributed by atoms with Gasteiger partial charge in [0.15, 0.2) is 0 Å². The van der Waals surface area contributed by atoms with Crippen LogP contribution in [-0.4, -0.2) is 11.2 Å². The highest BCUT2D eigenvalue weighted by Gasteiger charge is 2.07. The van der Waals surface area contributed by atoms with Crippen LogP contribution in [0.1, 0.15) is 32.1 Å². The van der Waals surface area contributed by atoms with E-state index in [9.17, 15) is 0 Å². The Kier molecular flexibility index (Phi) is 1.69. The van der Waals surface area contributed by atoms with Crippen molar-refractivity contribution in [2.24, 2.45) is 0 Å².